The molecule has 166 valence electrons. The van der Waals surface area contributed by atoms with Gasteiger partial charge in [-0.25, -0.2) is 0 Å². The Labute approximate surface area is 184 Å². The monoisotopic (exact) mass is 439 g/mol. The molecule has 2 aromatic rings. The highest BCUT2D eigenvalue weighted by Gasteiger charge is 2.55. The van der Waals surface area contributed by atoms with Crippen molar-refractivity contribution in [1.29, 1.82) is 0 Å². The van der Waals surface area contributed by atoms with Gasteiger partial charge in [0.15, 0.2) is 5.70 Å². The van der Waals surface area contributed by atoms with Crippen LogP contribution in [0.5, 0.6) is 0 Å². The Balaban J connectivity index is 1.80. The fourth-order valence-electron chi connectivity index (χ4n) is 4.74. The third-order valence-corrected chi connectivity index (χ3v) is 5.96. The van der Waals surface area contributed by atoms with E-state index in [4.69, 9.17) is 5.11 Å². The van der Waals surface area contributed by atoms with E-state index < -0.39 is 18.8 Å². The van der Waals surface area contributed by atoms with Gasteiger partial charge in [-0.15, -0.1) is 0 Å². The number of hydrogen-bond donors (Lipinski definition) is 2. The molecule has 1 aromatic carbocycles. The predicted octanol–water partition coefficient (Wildman–Crippen LogP) is 4.34. The molecule has 3 heterocycles. The molecule has 0 unspecified atom stereocenters. The zero-order chi connectivity index (χ0) is 23.4. The van der Waals surface area contributed by atoms with Crippen LogP contribution in [0.25, 0.3) is 5.57 Å². The van der Waals surface area contributed by atoms with Gasteiger partial charge in [0.2, 0.25) is 5.91 Å². The van der Waals surface area contributed by atoms with E-state index in [1.165, 1.54) is 0 Å². The Bertz CT molecular complexity index is 1250. The number of nitrogens with zero attached hydrogens (tertiary/aromatic N) is 2. The van der Waals surface area contributed by atoms with Crippen LogP contribution in [-0.4, -0.2) is 38.6 Å². The van der Waals surface area contributed by atoms with Crippen LogP contribution in [0.15, 0.2) is 47.7 Å². The van der Waals surface area contributed by atoms with Gasteiger partial charge in [-0.05, 0) is 55.8 Å². The highest BCUT2D eigenvalue weighted by atomic mass is 19.2. The maximum Gasteiger partial charge on any atom is 0.737 e. The number of allylic oxidation sites excluding steroid dienone is 2. The minimum atomic E-state index is -4.03. The number of halogens is 2. The van der Waals surface area contributed by atoms with Crippen molar-refractivity contribution in [2.45, 2.75) is 40.5 Å². The Morgan fingerprint density at radius 1 is 1.09 bits per heavy atom. The summed E-state index contributed by atoms with van der Waals surface area (Å²) in [7, 11) is 0. The minimum Gasteiger partial charge on any atom is -0.481 e. The second kappa shape index (κ2) is 7.58. The molecule has 0 aliphatic carbocycles. The molecule has 0 atom stereocenters. The molecule has 9 heteroatoms. The van der Waals surface area contributed by atoms with Crippen molar-refractivity contribution in [2.75, 3.05) is 5.32 Å². The van der Waals surface area contributed by atoms with Gasteiger partial charge in [0.1, 0.15) is 5.71 Å². The maximum atomic E-state index is 15.7. The van der Waals surface area contributed by atoms with Crippen LogP contribution in [0, 0.1) is 13.8 Å². The predicted molar refractivity (Wildman–Crippen MR) is 120 cm³/mol. The van der Waals surface area contributed by atoms with Crippen molar-refractivity contribution in [3.63, 3.8) is 0 Å². The minimum absolute atomic E-state index is 0.121. The van der Waals surface area contributed by atoms with Gasteiger partial charge in [-0.1, -0.05) is 12.1 Å². The first-order chi connectivity index (χ1) is 15.0. The summed E-state index contributed by atoms with van der Waals surface area (Å²) in [4.78, 5) is 22.6. The van der Waals surface area contributed by atoms with Gasteiger partial charge in [0.25, 0.3) is 0 Å². The summed E-state index contributed by atoms with van der Waals surface area (Å²) in [6.07, 6.45) is 1.41. The van der Waals surface area contributed by atoms with Crippen LogP contribution < -0.4 is 5.32 Å². The number of aryl methyl sites for hydroxylation is 2. The van der Waals surface area contributed by atoms with Crippen molar-refractivity contribution in [2.24, 2.45) is 0 Å². The Morgan fingerprint density at radius 2 is 1.75 bits per heavy atom. The topological polar surface area (TPSA) is 74.3 Å². The fraction of sp³-hybridized carbons (Fsp3) is 0.261. The molecule has 0 saturated heterocycles. The number of nitrogens with one attached hydrogen (secondary N) is 1. The number of anilines is 1. The summed E-state index contributed by atoms with van der Waals surface area (Å²) in [6.45, 7) is 3.03. The number of aliphatic carboxylic acids is 1. The molecule has 0 radical (unpaired) electrons. The number of carbonyl (C=O) groups excluding carboxylic acids is 1. The van der Waals surface area contributed by atoms with E-state index >= 15 is 8.63 Å². The molecular formula is C23H24BF2N3O3. The van der Waals surface area contributed by atoms with Crippen LogP contribution in [0.3, 0.4) is 0 Å². The first kappa shape index (κ1) is 21.7. The molecule has 32 heavy (non-hydrogen) atoms. The molecule has 0 spiro atoms. The summed E-state index contributed by atoms with van der Waals surface area (Å²) in [5.41, 5.74) is 5.53. The molecule has 2 N–H and O–H groups in total. The third kappa shape index (κ3) is 3.38. The molecule has 2 aliphatic rings. The van der Waals surface area contributed by atoms with E-state index in [9.17, 15) is 9.59 Å². The summed E-state index contributed by atoms with van der Waals surface area (Å²) < 4.78 is 33.6. The Hall–Kier alpha value is -3.49. The number of fused-ring (bicyclic) bond motifs is 2. The Kier molecular flexibility index (Phi) is 5.15. The van der Waals surface area contributed by atoms with E-state index in [0.717, 1.165) is 31.2 Å². The number of amides is 1. The lowest BCUT2D eigenvalue weighted by molar-refractivity contribution is -0.363. The van der Waals surface area contributed by atoms with Gasteiger partial charge in [-0.2, -0.15) is 0 Å². The first-order valence-electron chi connectivity index (χ1n) is 10.4. The van der Waals surface area contributed by atoms with Gasteiger partial charge >= 0.3 is 12.9 Å². The van der Waals surface area contributed by atoms with Gasteiger partial charge in [0.05, 0.1) is 12.0 Å². The molecular weight excluding hydrogens is 415 g/mol. The second-order valence-corrected chi connectivity index (χ2v) is 8.36. The average Bonchev–Trinajstić information content (AvgIpc) is 3.18. The number of rotatable bonds is 5. The van der Waals surface area contributed by atoms with E-state index in [1.54, 1.807) is 50.3 Å². The number of carboxylic acid groups (broad SMARTS) is 1. The molecule has 0 saturated carbocycles. The van der Waals surface area contributed by atoms with Crippen molar-refractivity contribution < 1.29 is 27.8 Å². The number of hydrogen-bond acceptors (Lipinski definition) is 2. The molecule has 1 aromatic heterocycles. The SMILES string of the molecule is CC1=CC(C)=[N+]2C1=C(c1ccc(NC(=O)CCC(=O)O)cc1)c1c(C)cc(C)n1[B-]2(F)F. The lowest BCUT2D eigenvalue weighted by Gasteiger charge is -2.34. The van der Waals surface area contributed by atoms with Crippen molar-refractivity contribution in [3.05, 3.63) is 70.2 Å². The third-order valence-electron chi connectivity index (χ3n) is 5.96. The summed E-state index contributed by atoms with van der Waals surface area (Å²) in [5.74, 6) is -1.43. The normalized spacial score (nSPS) is 16.6. The molecule has 4 rings (SSSR count). The number of carbonyl (C=O) groups is 2. The van der Waals surface area contributed by atoms with E-state index in [2.05, 4.69) is 5.32 Å². The van der Waals surface area contributed by atoms with E-state index in [0.29, 0.717) is 28.5 Å². The maximum absolute atomic E-state index is 15.7. The largest absolute Gasteiger partial charge is 0.737 e. The van der Waals surface area contributed by atoms with Gasteiger partial charge < -0.3 is 28.0 Å². The smallest absolute Gasteiger partial charge is 0.481 e. The molecule has 2 aliphatic heterocycles. The second-order valence-electron chi connectivity index (χ2n) is 8.36. The lowest BCUT2D eigenvalue weighted by atomic mass is 9.84. The first-order valence-corrected chi connectivity index (χ1v) is 10.4. The van der Waals surface area contributed by atoms with Crippen molar-refractivity contribution in [3.8, 4) is 0 Å². The summed E-state index contributed by atoms with van der Waals surface area (Å²) >= 11 is 0. The highest BCUT2D eigenvalue weighted by molar-refractivity contribution is 6.58. The van der Waals surface area contributed by atoms with Crippen LogP contribution in [0.1, 0.15) is 49.2 Å². The van der Waals surface area contributed by atoms with Crippen LogP contribution in [0.4, 0.5) is 14.3 Å². The Morgan fingerprint density at radius 3 is 2.38 bits per heavy atom. The molecule has 1 amide bonds. The van der Waals surface area contributed by atoms with Crippen LogP contribution in [0.2, 0.25) is 0 Å². The standard InChI is InChI=1S/C23H24BF2N3O3/c1-13-11-15(3)28-22(13)21(23-14(2)12-16(4)29(23)24(28,25)26)17-5-7-18(8-6-17)27-19(30)9-10-20(31)32/h5-8,11-12H,9-10H2,1-4H3,(H,27,30)(H,31,32). The fourth-order valence-corrected chi connectivity index (χ4v) is 4.74. The van der Waals surface area contributed by atoms with Gasteiger partial charge in [0, 0.05) is 36.4 Å². The van der Waals surface area contributed by atoms with E-state index in [1.807, 2.05) is 13.8 Å². The zero-order valence-electron chi connectivity index (χ0n) is 18.4. The highest BCUT2D eigenvalue weighted by Crippen LogP contribution is 2.44. The van der Waals surface area contributed by atoms with E-state index in [-0.39, 0.29) is 12.8 Å². The number of benzene rings is 1. The van der Waals surface area contributed by atoms with Crippen LogP contribution in [-0.2, 0) is 9.59 Å². The summed E-state index contributed by atoms with van der Waals surface area (Å²) in [6, 6.07) is 8.75. The molecule has 0 fully saturated rings. The molecule has 6 nitrogen and oxygen atoms in total. The molecule has 0 bridgehead atoms. The lowest BCUT2D eigenvalue weighted by Crippen LogP contribution is -2.51. The van der Waals surface area contributed by atoms with Gasteiger partial charge in [-0.3, -0.25) is 9.59 Å². The summed E-state index contributed by atoms with van der Waals surface area (Å²) in [5, 5.41) is 11.4. The van der Waals surface area contributed by atoms with Crippen LogP contribution >= 0.6 is 0 Å². The van der Waals surface area contributed by atoms with Crippen molar-refractivity contribution in [1.82, 2.24) is 4.48 Å². The number of carboxylic acids is 1. The van der Waals surface area contributed by atoms with Crippen molar-refractivity contribution >= 4 is 35.8 Å². The average molecular weight is 439 g/mol. The number of aromatic nitrogens is 1. The zero-order valence-corrected chi connectivity index (χ0v) is 18.4. The quantitative estimate of drug-likeness (QED) is 0.681.